The van der Waals surface area contributed by atoms with Gasteiger partial charge in [0.2, 0.25) is 0 Å². The normalized spacial score (nSPS) is 5.00. The maximum Gasteiger partial charge on any atom is 0.512 e. The second kappa shape index (κ2) is 8.44. The van der Waals surface area contributed by atoms with Crippen LogP contribution in [0, 0.1) is 35.8 Å². The van der Waals surface area contributed by atoms with Crippen molar-refractivity contribution < 1.29 is 0 Å². The third-order valence-electron chi connectivity index (χ3n) is 0.528. The smallest absolute Gasteiger partial charge is 0.192 e. The van der Waals surface area contributed by atoms with Gasteiger partial charge in [0.1, 0.15) is 30.9 Å². The average Bonchev–Trinajstić information content (AvgIpc) is 2.16. The summed E-state index contributed by atoms with van der Waals surface area (Å²) >= 11 is 0. The Bertz CT molecular complexity index is 269. The highest BCUT2D eigenvalue weighted by molar-refractivity contribution is 5.31. The van der Waals surface area contributed by atoms with Gasteiger partial charge in [-0.25, -0.2) is 0 Å². The zero-order valence-corrected chi connectivity index (χ0v) is 6.20. The summed E-state index contributed by atoms with van der Waals surface area (Å²) in [5.74, 6) is -0.0741. The van der Waals surface area contributed by atoms with Gasteiger partial charge in [-0.3, -0.25) is 0 Å². The molecule has 0 aromatic carbocycles. The van der Waals surface area contributed by atoms with Crippen molar-refractivity contribution in [3.63, 3.8) is 0 Å². The molecule has 0 N–H and O–H groups in total. The van der Waals surface area contributed by atoms with Crippen LogP contribution in [0.15, 0.2) is 24.6 Å². The van der Waals surface area contributed by atoms with Gasteiger partial charge in [0.15, 0.2) is 0 Å². The molecule has 0 heterocycles. The van der Waals surface area contributed by atoms with Crippen molar-refractivity contribution in [1.82, 2.24) is 0 Å². The Hall–Kier alpha value is -2.56. The van der Waals surface area contributed by atoms with Crippen molar-refractivity contribution >= 4 is 0 Å². The minimum Gasteiger partial charge on any atom is -0.192 e. The lowest BCUT2D eigenvalue weighted by Crippen LogP contribution is -1.58. The number of rotatable bonds is 0. The molecule has 0 fully saturated rings. The third kappa shape index (κ3) is 10.4. The summed E-state index contributed by atoms with van der Waals surface area (Å²) in [5, 5.41) is 15.5. The van der Waals surface area contributed by atoms with Crippen LogP contribution in [0.2, 0.25) is 0 Å². The molecule has 0 amide bonds. The van der Waals surface area contributed by atoms with E-state index in [-0.39, 0.29) is 11.4 Å². The molecule has 0 bridgehead atoms. The van der Waals surface area contributed by atoms with Crippen LogP contribution >= 0.6 is 0 Å². The summed E-state index contributed by atoms with van der Waals surface area (Å²) in [6.45, 7) is 18.4. The van der Waals surface area contributed by atoms with Gasteiger partial charge < -0.3 is 0 Å². The molecule has 0 aliphatic heterocycles. The number of hydrogen-bond acceptors (Lipinski definition) is 2. The van der Waals surface area contributed by atoms with Crippen LogP contribution in [0.4, 0.5) is 0 Å². The minimum atomic E-state index is -0.0741. The Morgan fingerprint density at radius 1 is 1.08 bits per heavy atom. The van der Waals surface area contributed by atoms with Crippen LogP contribution < -0.4 is 0 Å². The van der Waals surface area contributed by atoms with E-state index in [1.54, 1.807) is 12.1 Å². The maximum atomic E-state index is 7.76. The Labute approximate surface area is 70.9 Å². The predicted molar refractivity (Wildman–Crippen MR) is 42.7 cm³/mol. The zero-order valence-electron chi connectivity index (χ0n) is 6.20. The van der Waals surface area contributed by atoms with Gasteiger partial charge in [-0.15, -0.1) is 0 Å². The lowest BCUT2D eigenvalue weighted by atomic mass is 10.4. The largest absolute Gasteiger partial charge is 0.512 e. The van der Waals surface area contributed by atoms with Gasteiger partial charge in [0.25, 0.3) is 0 Å². The molecule has 0 rings (SSSR count). The van der Waals surface area contributed by atoms with E-state index >= 15 is 0 Å². The molecule has 4 heteroatoms. The molecule has 4 nitrogen and oxygen atoms in total. The molecule has 56 valence electrons. The topological polar surface area (TPSA) is 56.3 Å². The fraction of sp³-hybridized carbons (Fsp3) is 0. The highest BCUT2D eigenvalue weighted by atomic mass is 14.9. The minimum absolute atomic E-state index is 0.0463. The summed E-state index contributed by atoms with van der Waals surface area (Å²) in [4.78, 5) is 5.42. The fourth-order valence-electron chi connectivity index (χ4n) is 0.0500. The summed E-state index contributed by atoms with van der Waals surface area (Å²) in [5.41, 5.74) is -0.0463. The van der Waals surface area contributed by atoms with Crippen LogP contribution in [-0.4, -0.2) is 0 Å². The number of hydrogen-bond donors (Lipinski definition) is 0. The summed E-state index contributed by atoms with van der Waals surface area (Å²) < 4.78 is 0. The van der Waals surface area contributed by atoms with Crippen molar-refractivity contribution in [3.05, 3.63) is 47.4 Å². The van der Waals surface area contributed by atoms with E-state index in [0.29, 0.717) is 0 Å². The van der Waals surface area contributed by atoms with E-state index in [0.717, 1.165) is 0 Å². The number of allylic oxidation sites excluding steroid dienone is 1. The fourth-order valence-corrected chi connectivity index (χ4v) is 0.0500. The zero-order chi connectivity index (χ0) is 9.98. The van der Waals surface area contributed by atoms with E-state index in [2.05, 4.69) is 22.8 Å². The van der Waals surface area contributed by atoms with Crippen LogP contribution in [0.25, 0.3) is 9.69 Å². The van der Waals surface area contributed by atoms with Gasteiger partial charge in [-0.1, -0.05) is 6.58 Å². The first-order valence-electron chi connectivity index (χ1n) is 2.55. The quantitative estimate of drug-likeness (QED) is 0.397. The van der Waals surface area contributed by atoms with Gasteiger partial charge in [-0.05, 0) is 6.58 Å². The second-order valence-electron chi connectivity index (χ2n) is 1.34. The van der Waals surface area contributed by atoms with Crippen molar-refractivity contribution in [2.24, 2.45) is 0 Å². The molecule has 0 aliphatic carbocycles. The summed E-state index contributed by atoms with van der Waals surface area (Å²) in [6, 6.07) is 3.12. The average molecular weight is 156 g/mol. The molecular weight excluding hydrogens is 152 g/mol. The molecule has 0 saturated heterocycles. The van der Waals surface area contributed by atoms with Gasteiger partial charge in [0.05, 0.1) is 0 Å². The summed E-state index contributed by atoms with van der Waals surface area (Å²) in [7, 11) is 0. The standard InChI is InChI=1S/2C4H2N2/c1-4(5-2)6-3;1-4(2-5)3-6/h2*1H2. The molecule has 0 atom stereocenters. The highest BCUT2D eigenvalue weighted by Crippen LogP contribution is 1.88. The van der Waals surface area contributed by atoms with Crippen molar-refractivity contribution in [2.75, 3.05) is 0 Å². The van der Waals surface area contributed by atoms with E-state index < -0.39 is 0 Å². The lowest BCUT2D eigenvalue weighted by molar-refractivity contribution is 1.47. The van der Waals surface area contributed by atoms with Gasteiger partial charge in [-0.2, -0.15) is 20.2 Å². The highest BCUT2D eigenvalue weighted by Gasteiger charge is 1.87. The maximum absolute atomic E-state index is 7.76. The van der Waals surface area contributed by atoms with Crippen LogP contribution in [-0.2, 0) is 0 Å². The van der Waals surface area contributed by atoms with Gasteiger partial charge >= 0.3 is 5.82 Å². The van der Waals surface area contributed by atoms with Gasteiger partial charge in [0, 0.05) is 0 Å². The Balaban J connectivity index is 0. The Morgan fingerprint density at radius 2 is 1.42 bits per heavy atom. The molecular formula is C8H4N4. The van der Waals surface area contributed by atoms with Crippen molar-refractivity contribution in [3.8, 4) is 12.1 Å². The first-order chi connectivity index (χ1) is 5.62. The Kier molecular flexibility index (Phi) is 8.54. The predicted octanol–water partition coefficient (Wildman–Crippen LogP) is 1.89. The van der Waals surface area contributed by atoms with Crippen LogP contribution in [0.3, 0.4) is 0 Å². The molecule has 12 heavy (non-hydrogen) atoms. The van der Waals surface area contributed by atoms with E-state index in [4.69, 9.17) is 23.7 Å². The molecule has 0 unspecified atom stereocenters. The molecule has 0 aliphatic rings. The third-order valence-corrected chi connectivity index (χ3v) is 0.528. The van der Waals surface area contributed by atoms with E-state index in [9.17, 15) is 0 Å². The van der Waals surface area contributed by atoms with Crippen LogP contribution in [0.5, 0.6) is 0 Å². The molecule has 0 saturated carbocycles. The first-order valence-corrected chi connectivity index (χ1v) is 2.55. The SMILES string of the molecule is C=C(C#N)C#N.[C-]#[N+]C(=C)[N+]#[C-]. The first kappa shape index (κ1) is 12.1. The monoisotopic (exact) mass is 156 g/mol. The lowest BCUT2D eigenvalue weighted by Gasteiger charge is -1.58. The molecule has 0 spiro atoms. The van der Waals surface area contributed by atoms with E-state index in [1.807, 2.05) is 0 Å². The number of nitriles is 2. The van der Waals surface area contributed by atoms with E-state index in [1.165, 1.54) is 0 Å². The summed E-state index contributed by atoms with van der Waals surface area (Å²) in [6.07, 6.45) is 0. The van der Waals surface area contributed by atoms with Crippen LogP contribution in [0.1, 0.15) is 0 Å². The molecule has 0 aromatic rings. The second-order valence-corrected chi connectivity index (χ2v) is 1.34. The Morgan fingerprint density at radius 3 is 1.42 bits per heavy atom. The molecule has 0 aromatic heterocycles. The van der Waals surface area contributed by atoms with Crippen molar-refractivity contribution in [1.29, 1.82) is 10.5 Å². The molecule has 0 radical (unpaired) electrons. The number of nitrogens with zero attached hydrogens (tertiary/aromatic N) is 4. The van der Waals surface area contributed by atoms with Crippen molar-refractivity contribution in [2.45, 2.75) is 0 Å².